The van der Waals surface area contributed by atoms with Crippen LogP contribution in [0.15, 0.2) is 39.5 Å². The third-order valence-electron chi connectivity index (χ3n) is 2.93. The van der Waals surface area contributed by atoms with Crippen LogP contribution in [0.1, 0.15) is 22.8 Å². The first kappa shape index (κ1) is 15.7. The van der Waals surface area contributed by atoms with Gasteiger partial charge in [-0.3, -0.25) is 4.79 Å². The highest BCUT2D eigenvalue weighted by atomic mass is 79.9. The second kappa shape index (κ2) is 6.87. The van der Waals surface area contributed by atoms with Gasteiger partial charge in [0, 0.05) is 24.8 Å². The molecular formula is C15H15BrN2O2S. The zero-order chi connectivity index (χ0) is 15.4. The van der Waals surface area contributed by atoms with E-state index in [1.165, 1.54) is 6.92 Å². The summed E-state index contributed by atoms with van der Waals surface area (Å²) >= 11 is 5.00. The summed E-state index contributed by atoms with van der Waals surface area (Å²) in [5.74, 6) is 0.00743. The average Bonchev–Trinajstić information content (AvgIpc) is 2.84. The van der Waals surface area contributed by atoms with Gasteiger partial charge >= 0.3 is 6.03 Å². The fourth-order valence-electron chi connectivity index (χ4n) is 1.78. The Hall–Kier alpha value is -1.66. The summed E-state index contributed by atoms with van der Waals surface area (Å²) < 4.78 is 1.05. The summed E-state index contributed by atoms with van der Waals surface area (Å²) in [4.78, 5) is 24.9. The minimum atomic E-state index is -0.187. The monoisotopic (exact) mass is 366 g/mol. The van der Waals surface area contributed by atoms with Gasteiger partial charge in [0.1, 0.15) is 0 Å². The molecule has 4 nitrogen and oxygen atoms in total. The number of urea groups is 1. The van der Waals surface area contributed by atoms with Crippen LogP contribution in [0, 0.1) is 0 Å². The van der Waals surface area contributed by atoms with Crippen LogP contribution in [0.4, 0.5) is 10.5 Å². The zero-order valence-corrected chi connectivity index (χ0v) is 14.1. The van der Waals surface area contributed by atoms with Gasteiger partial charge in [0.2, 0.25) is 0 Å². The van der Waals surface area contributed by atoms with Crippen molar-refractivity contribution in [2.75, 3.05) is 12.4 Å². The number of hydrogen-bond acceptors (Lipinski definition) is 3. The lowest BCUT2D eigenvalue weighted by Crippen LogP contribution is -2.30. The van der Waals surface area contributed by atoms with Crippen LogP contribution < -0.4 is 5.32 Å². The molecule has 2 aromatic rings. The smallest absolute Gasteiger partial charge is 0.321 e. The summed E-state index contributed by atoms with van der Waals surface area (Å²) in [6, 6.07) is 8.67. The predicted molar refractivity (Wildman–Crippen MR) is 89.0 cm³/mol. The van der Waals surface area contributed by atoms with Gasteiger partial charge in [-0.25, -0.2) is 4.79 Å². The third kappa shape index (κ3) is 4.41. The number of carbonyl (C=O) groups excluding carboxylic acids is 2. The van der Waals surface area contributed by atoms with Crippen molar-refractivity contribution in [3.63, 3.8) is 0 Å². The highest BCUT2D eigenvalue weighted by molar-refractivity contribution is 9.11. The van der Waals surface area contributed by atoms with E-state index in [4.69, 9.17) is 0 Å². The number of nitrogens with zero attached hydrogens (tertiary/aromatic N) is 1. The highest BCUT2D eigenvalue weighted by Crippen LogP contribution is 2.21. The van der Waals surface area contributed by atoms with Crippen molar-refractivity contribution in [1.29, 1.82) is 0 Å². The Bertz CT molecular complexity index is 652. The Labute approximate surface area is 135 Å². The minimum Gasteiger partial charge on any atom is -0.323 e. The molecule has 2 amide bonds. The lowest BCUT2D eigenvalue weighted by atomic mass is 10.1. The molecule has 1 heterocycles. The second-order valence-corrected chi connectivity index (χ2v) is 6.97. The number of halogens is 1. The maximum absolute atomic E-state index is 12.1. The maximum Gasteiger partial charge on any atom is 0.321 e. The predicted octanol–water partition coefficient (Wildman–Crippen LogP) is 4.38. The van der Waals surface area contributed by atoms with Gasteiger partial charge in [-0.15, -0.1) is 11.3 Å². The summed E-state index contributed by atoms with van der Waals surface area (Å²) in [5.41, 5.74) is 2.38. The van der Waals surface area contributed by atoms with Crippen molar-refractivity contribution in [3.8, 4) is 0 Å². The second-order valence-electron chi connectivity index (χ2n) is 4.68. The van der Waals surface area contributed by atoms with Crippen molar-refractivity contribution in [3.05, 3.63) is 50.6 Å². The largest absolute Gasteiger partial charge is 0.323 e. The van der Waals surface area contributed by atoms with Crippen molar-refractivity contribution < 1.29 is 9.59 Å². The van der Waals surface area contributed by atoms with E-state index in [1.54, 1.807) is 47.5 Å². The summed E-state index contributed by atoms with van der Waals surface area (Å²) in [5, 5.41) is 4.81. The van der Waals surface area contributed by atoms with Gasteiger partial charge in [-0.05, 0) is 64.1 Å². The number of rotatable bonds is 4. The molecule has 0 atom stereocenters. The van der Waals surface area contributed by atoms with E-state index >= 15 is 0 Å². The molecule has 0 aliphatic rings. The molecule has 0 spiro atoms. The van der Waals surface area contributed by atoms with E-state index in [9.17, 15) is 9.59 Å². The molecule has 110 valence electrons. The molecule has 0 aliphatic carbocycles. The van der Waals surface area contributed by atoms with E-state index in [-0.39, 0.29) is 11.8 Å². The molecule has 6 heteroatoms. The Morgan fingerprint density at radius 3 is 2.48 bits per heavy atom. The number of Topliss-reactive ketones (excluding diaryl/α,β-unsaturated/α-hetero) is 1. The fraction of sp³-hybridized carbons (Fsp3) is 0.200. The molecule has 1 aromatic heterocycles. The van der Waals surface area contributed by atoms with E-state index in [2.05, 4.69) is 21.2 Å². The average molecular weight is 367 g/mol. The molecule has 0 bridgehead atoms. The van der Waals surface area contributed by atoms with E-state index in [0.717, 1.165) is 9.35 Å². The number of hydrogen-bond donors (Lipinski definition) is 1. The number of amides is 2. The maximum atomic E-state index is 12.1. The standard InChI is InChI=1S/C15H15BrN2O2S/c1-10(19)12-3-5-13(6-4-12)17-15(20)18(2)8-11-7-14(16)21-9-11/h3-7,9H,8H2,1-2H3,(H,17,20). The molecule has 0 saturated carbocycles. The highest BCUT2D eigenvalue weighted by Gasteiger charge is 2.10. The molecule has 1 aromatic carbocycles. The normalized spacial score (nSPS) is 10.2. The molecule has 2 rings (SSSR count). The van der Waals surface area contributed by atoms with Crippen LogP contribution in [0.5, 0.6) is 0 Å². The van der Waals surface area contributed by atoms with Crippen LogP contribution in [0.2, 0.25) is 0 Å². The number of benzene rings is 1. The number of anilines is 1. The first-order chi connectivity index (χ1) is 9.95. The van der Waals surface area contributed by atoms with Crippen molar-refractivity contribution in [2.24, 2.45) is 0 Å². The van der Waals surface area contributed by atoms with Crippen molar-refractivity contribution in [1.82, 2.24) is 4.90 Å². The Morgan fingerprint density at radius 2 is 1.95 bits per heavy atom. The van der Waals surface area contributed by atoms with Gasteiger partial charge in [-0.1, -0.05) is 0 Å². The molecule has 0 fully saturated rings. The van der Waals surface area contributed by atoms with Crippen molar-refractivity contribution >= 4 is 44.8 Å². The topological polar surface area (TPSA) is 49.4 Å². The molecule has 0 radical (unpaired) electrons. The summed E-state index contributed by atoms with van der Waals surface area (Å²) in [6.07, 6.45) is 0. The zero-order valence-electron chi connectivity index (χ0n) is 11.7. The summed E-state index contributed by atoms with van der Waals surface area (Å²) in [7, 11) is 1.74. The molecule has 1 N–H and O–H groups in total. The first-order valence-corrected chi connectivity index (χ1v) is 7.99. The number of nitrogens with one attached hydrogen (secondary N) is 1. The number of ketones is 1. The van der Waals surface area contributed by atoms with Crippen LogP contribution in [-0.4, -0.2) is 23.8 Å². The van der Waals surface area contributed by atoms with Gasteiger partial charge in [0.05, 0.1) is 3.79 Å². The SMILES string of the molecule is CC(=O)c1ccc(NC(=O)N(C)Cc2csc(Br)c2)cc1. The lowest BCUT2D eigenvalue weighted by Gasteiger charge is -2.17. The van der Waals surface area contributed by atoms with Crippen LogP contribution >= 0.6 is 27.3 Å². The molecular weight excluding hydrogens is 352 g/mol. The summed E-state index contributed by atoms with van der Waals surface area (Å²) in [6.45, 7) is 2.06. The quantitative estimate of drug-likeness (QED) is 0.816. The number of carbonyl (C=O) groups is 2. The Morgan fingerprint density at radius 1 is 1.29 bits per heavy atom. The van der Waals surface area contributed by atoms with E-state index in [1.807, 2.05) is 11.4 Å². The van der Waals surface area contributed by atoms with Gasteiger partial charge in [0.25, 0.3) is 0 Å². The van der Waals surface area contributed by atoms with Crippen LogP contribution in [-0.2, 0) is 6.54 Å². The third-order valence-corrected chi connectivity index (χ3v) is 4.48. The molecule has 0 unspecified atom stereocenters. The van der Waals surface area contributed by atoms with Crippen LogP contribution in [0.25, 0.3) is 0 Å². The Balaban J connectivity index is 1.95. The van der Waals surface area contributed by atoms with Gasteiger partial charge < -0.3 is 10.2 Å². The molecule has 21 heavy (non-hydrogen) atoms. The fourth-order valence-corrected chi connectivity index (χ4v) is 2.98. The van der Waals surface area contributed by atoms with E-state index < -0.39 is 0 Å². The lowest BCUT2D eigenvalue weighted by molar-refractivity contribution is 0.101. The minimum absolute atomic E-state index is 0.00743. The Kier molecular flexibility index (Phi) is 5.14. The van der Waals surface area contributed by atoms with Crippen molar-refractivity contribution in [2.45, 2.75) is 13.5 Å². The van der Waals surface area contributed by atoms with Crippen LogP contribution in [0.3, 0.4) is 0 Å². The first-order valence-electron chi connectivity index (χ1n) is 6.32. The van der Waals surface area contributed by atoms with Gasteiger partial charge in [0.15, 0.2) is 5.78 Å². The molecule has 0 saturated heterocycles. The number of thiophene rings is 1. The van der Waals surface area contributed by atoms with Gasteiger partial charge in [-0.2, -0.15) is 0 Å². The molecule has 0 aliphatic heterocycles. The van der Waals surface area contributed by atoms with E-state index in [0.29, 0.717) is 17.8 Å².